The number of sulfone groups is 1. The number of pyridine rings is 1. The lowest BCUT2D eigenvalue weighted by Crippen LogP contribution is -2.44. The standard InChI is InChI=1S/C30H32F5N3O4S/c1-2-43(40,41)26-12-3-20(4-13-26)17-37-28(39)22-8-14-27(36-18-22)38-19-23(7-11-25(38)15-16-42-29(31)32)21-5-9-24(10-6-21)30(33,34)35/h3-6,8-10,12-14,18,23,25,29H,2,7,11,15-17,19H2,1H3,(H,37,39)/t23?,25-/m0/s1. The molecule has 1 aliphatic rings. The third-order valence-electron chi connectivity index (χ3n) is 7.53. The van der Waals surface area contributed by atoms with Crippen LogP contribution in [0.5, 0.6) is 0 Å². The van der Waals surface area contributed by atoms with E-state index >= 15 is 0 Å². The van der Waals surface area contributed by atoms with Gasteiger partial charge in [0.15, 0.2) is 9.84 Å². The van der Waals surface area contributed by atoms with Crippen molar-refractivity contribution in [3.8, 4) is 0 Å². The zero-order valence-electron chi connectivity index (χ0n) is 23.4. The van der Waals surface area contributed by atoms with Crippen molar-refractivity contribution in [2.45, 2.75) is 62.4 Å². The van der Waals surface area contributed by atoms with Crippen LogP contribution in [0.4, 0.5) is 27.8 Å². The lowest BCUT2D eigenvalue weighted by Gasteiger charge is -2.41. The van der Waals surface area contributed by atoms with E-state index in [-0.39, 0.29) is 41.3 Å². The van der Waals surface area contributed by atoms with Gasteiger partial charge in [-0.25, -0.2) is 13.4 Å². The van der Waals surface area contributed by atoms with Crippen LogP contribution in [0.1, 0.15) is 59.2 Å². The minimum Gasteiger partial charge on any atom is -0.353 e. The number of hydrogen-bond donors (Lipinski definition) is 1. The van der Waals surface area contributed by atoms with E-state index < -0.39 is 34.1 Å². The first-order chi connectivity index (χ1) is 20.4. The summed E-state index contributed by atoms with van der Waals surface area (Å²) in [5.74, 6) is -0.0166. The van der Waals surface area contributed by atoms with E-state index in [9.17, 15) is 35.2 Å². The molecule has 1 unspecified atom stereocenters. The Kier molecular flexibility index (Phi) is 10.4. The highest BCUT2D eigenvalue weighted by molar-refractivity contribution is 7.91. The molecule has 0 spiro atoms. The zero-order valence-corrected chi connectivity index (χ0v) is 24.2. The number of piperidine rings is 1. The second-order valence-electron chi connectivity index (χ2n) is 10.3. The number of carbonyl (C=O) groups excluding carboxylic acids is 1. The highest BCUT2D eigenvalue weighted by Gasteiger charge is 2.33. The number of carbonyl (C=O) groups is 1. The Morgan fingerprint density at radius 1 is 1.05 bits per heavy atom. The average Bonchev–Trinajstić information content (AvgIpc) is 3.00. The molecule has 4 rings (SSSR count). The van der Waals surface area contributed by atoms with Crippen LogP contribution in [0, 0.1) is 0 Å². The van der Waals surface area contributed by atoms with Crippen LogP contribution in [0.2, 0.25) is 0 Å². The van der Waals surface area contributed by atoms with Crippen molar-refractivity contribution in [1.29, 1.82) is 0 Å². The van der Waals surface area contributed by atoms with Gasteiger partial charge in [-0.2, -0.15) is 22.0 Å². The van der Waals surface area contributed by atoms with Gasteiger partial charge in [0.25, 0.3) is 5.91 Å². The summed E-state index contributed by atoms with van der Waals surface area (Å²) in [5, 5.41) is 2.77. The molecule has 1 saturated heterocycles. The Morgan fingerprint density at radius 2 is 1.74 bits per heavy atom. The summed E-state index contributed by atoms with van der Waals surface area (Å²) in [6, 6.07) is 14.3. The van der Waals surface area contributed by atoms with Crippen LogP contribution in [0.15, 0.2) is 71.8 Å². The fourth-order valence-electron chi connectivity index (χ4n) is 5.07. The van der Waals surface area contributed by atoms with Gasteiger partial charge in [0, 0.05) is 31.2 Å². The molecule has 2 aromatic carbocycles. The molecule has 43 heavy (non-hydrogen) atoms. The second-order valence-corrected chi connectivity index (χ2v) is 12.5. The number of rotatable bonds is 11. The van der Waals surface area contributed by atoms with E-state index in [1.165, 1.54) is 30.5 Å². The van der Waals surface area contributed by atoms with E-state index in [4.69, 9.17) is 0 Å². The van der Waals surface area contributed by atoms with Gasteiger partial charge in [-0.3, -0.25) is 4.79 Å². The van der Waals surface area contributed by atoms with Crippen LogP contribution in [-0.4, -0.2) is 50.9 Å². The Labute approximate surface area is 247 Å². The summed E-state index contributed by atoms with van der Waals surface area (Å²) in [6.45, 7) is -0.938. The third-order valence-corrected chi connectivity index (χ3v) is 9.28. The van der Waals surface area contributed by atoms with Gasteiger partial charge in [0.2, 0.25) is 0 Å². The summed E-state index contributed by atoms with van der Waals surface area (Å²) >= 11 is 0. The number of ether oxygens (including phenoxy) is 1. The monoisotopic (exact) mass is 625 g/mol. The lowest BCUT2D eigenvalue weighted by atomic mass is 9.86. The fraction of sp³-hybridized carbons (Fsp3) is 0.400. The number of alkyl halides is 5. The maximum atomic E-state index is 13.0. The Balaban J connectivity index is 1.44. The maximum Gasteiger partial charge on any atom is 0.416 e. The van der Waals surface area contributed by atoms with Crippen LogP contribution in [0.3, 0.4) is 0 Å². The Hall–Kier alpha value is -3.58. The fourth-order valence-corrected chi connectivity index (χ4v) is 5.96. The summed E-state index contributed by atoms with van der Waals surface area (Å²) < 4.78 is 92.7. The topological polar surface area (TPSA) is 88.6 Å². The molecule has 0 saturated carbocycles. The second kappa shape index (κ2) is 13.8. The number of halogens is 5. The van der Waals surface area contributed by atoms with Crippen molar-refractivity contribution >= 4 is 21.6 Å². The largest absolute Gasteiger partial charge is 0.416 e. The molecule has 232 valence electrons. The number of nitrogens with one attached hydrogen (secondary N) is 1. The molecule has 7 nitrogen and oxygen atoms in total. The molecule has 0 aliphatic carbocycles. The Morgan fingerprint density at radius 3 is 2.33 bits per heavy atom. The predicted octanol–water partition coefficient (Wildman–Crippen LogP) is 6.21. The molecule has 0 radical (unpaired) electrons. The first kappa shape index (κ1) is 32.3. The maximum absolute atomic E-state index is 13.0. The van der Waals surface area contributed by atoms with Gasteiger partial charge in [0.1, 0.15) is 5.82 Å². The summed E-state index contributed by atoms with van der Waals surface area (Å²) in [5.41, 5.74) is 0.992. The SMILES string of the molecule is CCS(=O)(=O)c1ccc(CNC(=O)c2ccc(N3CC(c4ccc(C(F)(F)F)cc4)CC[C@H]3CCOC(F)F)nc2)cc1. The molecule has 13 heteroatoms. The number of amides is 1. The predicted molar refractivity (Wildman–Crippen MR) is 151 cm³/mol. The van der Waals surface area contributed by atoms with E-state index in [0.717, 1.165) is 17.7 Å². The summed E-state index contributed by atoms with van der Waals surface area (Å²) in [6.07, 6.45) is -1.51. The van der Waals surface area contributed by atoms with Crippen LogP contribution in [-0.2, 0) is 27.3 Å². The zero-order chi connectivity index (χ0) is 31.2. The van der Waals surface area contributed by atoms with Gasteiger partial charge >= 0.3 is 12.8 Å². The van der Waals surface area contributed by atoms with E-state index in [0.29, 0.717) is 37.2 Å². The van der Waals surface area contributed by atoms with E-state index in [2.05, 4.69) is 15.0 Å². The molecule has 2 atom stereocenters. The number of nitrogens with zero attached hydrogens (tertiary/aromatic N) is 2. The number of anilines is 1. The van der Waals surface area contributed by atoms with Crippen molar-refractivity contribution in [2.24, 2.45) is 0 Å². The van der Waals surface area contributed by atoms with Gasteiger partial charge < -0.3 is 15.0 Å². The van der Waals surface area contributed by atoms with Crippen LogP contribution < -0.4 is 10.2 Å². The smallest absolute Gasteiger partial charge is 0.353 e. The van der Waals surface area contributed by atoms with Gasteiger partial charge in [-0.1, -0.05) is 31.2 Å². The molecule has 1 fully saturated rings. The summed E-state index contributed by atoms with van der Waals surface area (Å²) in [4.78, 5) is 19.3. The van der Waals surface area contributed by atoms with E-state index in [1.54, 1.807) is 31.2 Å². The van der Waals surface area contributed by atoms with Crippen molar-refractivity contribution < 1.29 is 39.9 Å². The molecular weight excluding hydrogens is 593 g/mol. The van der Waals surface area contributed by atoms with E-state index in [1.807, 2.05) is 4.90 Å². The van der Waals surface area contributed by atoms with Gasteiger partial charge in [-0.05, 0) is 66.8 Å². The van der Waals surface area contributed by atoms with Crippen molar-refractivity contribution in [3.05, 3.63) is 89.1 Å². The molecule has 1 N–H and O–H groups in total. The third kappa shape index (κ3) is 8.50. The molecule has 2 heterocycles. The minimum absolute atomic E-state index is 0.0105. The first-order valence-corrected chi connectivity index (χ1v) is 15.4. The van der Waals surface area contributed by atoms with Crippen LogP contribution in [0.25, 0.3) is 0 Å². The Bertz CT molecular complexity index is 1470. The molecule has 1 aromatic heterocycles. The molecule has 1 aliphatic heterocycles. The number of aromatic nitrogens is 1. The first-order valence-electron chi connectivity index (χ1n) is 13.8. The van der Waals surface area contributed by atoms with Crippen molar-refractivity contribution in [3.63, 3.8) is 0 Å². The lowest BCUT2D eigenvalue weighted by molar-refractivity contribution is -0.137. The highest BCUT2D eigenvalue weighted by Crippen LogP contribution is 2.36. The molecule has 1 amide bonds. The van der Waals surface area contributed by atoms with Crippen molar-refractivity contribution in [2.75, 3.05) is 23.8 Å². The average molecular weight is 626 g/mol. The minimum atomic E-state index is -4.44. The number of benzene rings is 2. The van der Waals surface area contributed by atoms with Gasteiger partial charge in [-0.15, -0.1) is 0 Å². The number of hydrogen-bond acceptors (Lipinski definition) is 6. The van der Waals surface area contributed by atoms with Crippen LogP contribution >= 0.6 is 0 Å². The quantitative estimate of drug-likeness (QED) is 0.255. The summed E-state index contributed by atoms with van der Waals surface area (Å²) in [7, 11) is -3.32. The highest BCUT2D eigenvalue weighted by atomic mass is 32.2. The molecule has 0 bridgehead atoms. The van der Waals surface area contributed by atoms with Crippen molar-refractivity contribution in [1.82, 2.24) is 10.3 Å². The molecular formula is C30H32F5N3O4S. The normalized spacial score (nSPS) is 17.7. The molecule has 3 aromatic rings. The van der Waals surface area contributed by atoms with Gasteiger partial charge in [0.05, 0.1) is 28.4 Å².